The summed E-state index contributed by atoms with van der Waals surface area (Å²) >= 11 is 6.16. The van der Waals surface area contributed by atoms with E-state index in [1.165, 1.54) is 5.39 Å². The van der Waals surface area contributed by atoms with Crippen molar-refractivity contribution < 1.29 is 4.79 Å². The predicted octanol–water partition coefficient (Wildman–Crippen LogP) is 4.88. The number of rotatable bonds is 4. The first-order valence-corrected chi connectivity index (χ1v) is 8.17. The number of carbonyl (C=O) groups is 1. The molecule has 0 aliphatic rings. The summed E-state index contributed by atoms with van der Waals surface area (Å²) in [4.78, 5) is 14.2. The first-order valence-electron chi connectivity index (χ1n) is 7.79. The van der Waals surface area contributed by atoms with Crippen molar-refractivity contribution in [3.05, 3.63) is 71.2 Å². The van der Waals surface area contributed by atoms with Crippen LogP contribution in [0.2, 0.25) is 5.02 Å². The van der Waals surface area contributed by atoms with Gasteiger partial charge in [0.1, 0.15) is 0 Å². The molecule has 3 aromatic rings. The van der Waals surface area contributed by atoms with Crippen LogP contribution in [0.3, 0.4) is 0 Å². The second-order valence-corrected chi connectivity index (χ2v) is 6.33. The number of hydrogen-bond acceptors (Lipinski definition) is 2. The van der Waals surface area contributed by atoms with E-state index in [2.05, 4.69) is 29.6 Å². The van der Waals surface area contributed by atoms with E-state index in [1.54, 1.807) is 0 Å². The molecule has 0 unspecified atom stereocenters. The zero-order chi connectivity index (χ0) is 17.1. The molecule has 0 aliphatic heterocycles. The lowest BCUT2D eigenvalue weighted by Gasteiger charge is -2.19. The highest BCUT2D eigenvalue weighted by molar-refractivity contribution is 6.33. The van der Waals surface area contributed by atoms with Gasteiger partial charge in [0.2, 0.25) is 5.91 Å². The van der Waals surface area contributed by atoms with E-state index in [0.717, 1.165) is 16.6 Å². The first-order chi connectivity index (χ1) is 11.5. The number of carbonyl (C=O) groups excluding carboxylic acids is 1. The van der Waals surface area contributed by atoms with Gasteiger partial charge in [-0.3, -0.25) is 4.79 Å². The van der Waals surface area contributed by atoms with Crippen LogP contribution in [0.15, 0.2) is 60.7 Å². The summed E-state index contributed by atoms with van der Waals surface area (Å²) in [6, 6.07) is 19.9. The van der Waals surface area contributed by atoms with Gasteiger partial charge in [0.05, 0.1) is 17.3 Å². The minimum absolute atomic E-state index is 0.101. The van der Waals surface area contributed by atoms with Crippen molar-refractivity contribution in [3.8, 4) is 0 Å². The van der Waals surface area contributed by atoms with Gasteiger partial charge in [0.25, 0.3) is 0 Å². The molecule has 3 nitrogen and oxygen atoms in total. The van der Waals surface area contributed by atoms with Gasteiger partial charge in [-0.05, 0) is 47.5 Å². The number of halogens is 1. The molecule has 0 atom stereocenters. The van der Waals surface area contributed by atoms with Crippen molar-refractivity contribution in [1.29, 1.82) is 0 Å². The topological polar surface area (TPSA) is 32.3 Å². The molecule has 122 valence electrons. The first kappa shape index (κ1) is 16.3. The average Bonchev–Trinajstić information content (AvgIpc) is 2.57. The van der Waals surface area contributed by atoms with Crippen molar-refractivity contribution in [2.24, 2.45) is 0 Å². The highest BCUT2D eigenvalue weighted by atomic mass is 35.5. The van der Waals surface area contributed by atoms with Crippen molar-refractivity contribution in [1.82, 2.24) is 0 Å². The summed E-state index contributed by atoms with van der Waals surface area (Å²) < 4.78 is 0. The monoisotopic (exact) mass is 338 g/mol. The molecule has 0 aliphatic carbocycles. The summed E-state index contributed by atoms with van der Waals surface area (Å²) in [5.74, 6) is -0.101. The highest BCUT2D eigenvalue weighted by Crippen LogP contribution is 2.24. The lowest BCUT2D eigenvalue weighted by Crippen LogP contribution is -2.30. The van der Waals surface area contributed by atoms with Gasteiger partial charge in [-0.2, -0.15) is 0 Å². The second kappa shape index (κ2) is 6.93. The summed E-state index contributed by atoms with van der Waals surface area (Å²) in [6.07, 6.45) is 0. The molecule has 4 heteroatoms. The Balaban J connectivity index is 1.70. The van der Waals surface area contributed by atoms with Crippen LogP contribution in [0.5, 0.6) is 0 Å². The third kappa shape index (κ3) is 3.69. The molecule has 0 saturated heterocycles. The Morgan fingerprint density at radius 3 is 2.54 bits per heavy atom. The molecular weight excluding hydrogens is 320 g/mol. The number of nitrogens with zero attached hydrogens (tertiary/aromatic N) is 1. The number of hydrogen-bond donors (Lipinski definition) is 1. The van der Waals surface area contributed by atoms with Crippen molar-refractivity contribution in [2.75, 3.05) is 23.8 Å². The van der Waals surface area contributed by atoms with Crippen LogP contribution < -0.4 is 10.2 Å². The molecule has 0 radical (unpaired) electrons. The maximum absolute atomic E-state index is 12.3. The number of anilines is 2. The van der Waals surface area contributed by atoms with Gasteiger partial charge in [-0.25, -0.2) is 0 Å². The Morgan fingerprint density at radius 1 is 1.04 bits per heavy atom. The van der Waals surface area contributed by atoms with Crippen LogP contribution in [0.25, 0.3) is 10.8 Å². The molecule has 0 spiro atoms. The fourth-order valence-corrected chi connectivity index (χ4v) is 2.91. The van der Waals surface area contributed by atoms with E-state index >= 15 is 0 Å². The van der Waals surface area contributed by atoms with Crippen LogP contribution in [0, 0.1) is 6.92 Å². The average molecular weight is 339 g/mol. The van der Waals surface area contributed by atoms with Crippen LogP contribution >= 0.6 is 11.6 Å². The zero-order valence-electron chi connectivity index (χ0n) is 13.7. The number of benzene rings is 3. The van der Waals surface area contributed by atoms with Crippen molar-refractivity contribution in [2.45, 2.75) is 6.92 Å². The maximum Gasteiger partial charge on any atom is 0.243 e. The van der Waals surface area contributed by atoms with Gasteiger partial charge in [-0.15, -0.1) is 0 Å². The zero-order valence-corrected chi connectivity index (χ0v) is 14.5. The quantitative estimate of drug-likeness (QED) is 0.735. The van der Waals surface area contributed by atoms with Gasteiger partial charge in [-0.1, -0.05) is 48.0 Å². The van der Waals surface area contributed by atoms with Gasteiger partial charge in [0.15, 0.2) is 0 Å². The van der Waals surface area contributed by atoms with Crippen molar-refractivity contribution >= 4 is 39.7 Å². The minimum atomic E-state index is -0.101. The fraction of sp³-hybridized carbons (Fsp3) is 0.150. The summed E-state index contributed by atoms with van der Waals surface area (Å²) in [6.45, 7) is 2.22. The van der Waals surface area contributed by atoms with Gasteiger partial charge >= 0.3 is 0 Å². The number of amides is 1. The molecule has 3 rings (SSSR count). The Labute approximate surface area is 146 Å². The summed E-state index contributed by atoms with van der Waals surface area (Å²) in [5, 5.41) is 5.76. The van der Waals surface area contributed by atoms with E-state index in [-0.39, 0.29) is 12.5 Å². The number of likely N-dealkylation sites (N-methyl/N-ethyl adjacent to an activating group) is 1. The Hall–Kier alpha value is -2.52. The van der Waals surface area contributed by atoms with Crippen LogP contribution in [0.1, 0.15) is 5.56 Å². The van der Waals surface area contributed by atoms with Crippen LogP contribution in [-0.2, 0) is 4.79 Å². The largest absolute Gasteiger partial charge is 0.365 e. The van der Waals surface area contributed by atoms with E-state index in [0.29, 0.717) is 10.7 Å². The lowest BCUT2D eigenvalue weighted by molar-refractivity contribution is -0.114. The van der Waals surface area contributed by atoms with E-state index in [9.17, 15) is 4.79 Å². The molecule has 1 N–H and O–H groups in total. The smallest absolute Gasteiger partial charge is 0.243 e. The normalized spacial score (nSPS) is 10.6. The van der Waals surface area contributed by atoms with E-state index in [4.69, 9.17) is 11.6 Å². The summed E-state index contributed by atoms with van der Waals surface area (Å²) in [5.41, 5.74) is 2.70. The SMILES string of the molecule is Cc1ccc(NC(=O)CN(C)c2ccc3ccccc3c2)c(Cl)c1. The highest BCUT2D eigenvalue weighted by Gasteiger charge is 2.10. The maximum atomic E-state index is 12.3. The third-order valence-corrected chi connectivity index (χ3v) is 4.27. The number of fused-ring (bicyclic) bond motifs is 1. The van der Waals surface area contributed by atoms with Crippen molar-refractivity contribution in [3.63, 3.8) is 0 Å². The molecule has 3 aromatic carbocycles. The molecule has 0 aromatic heterocycles. The Kier molecular flexibility index (Phi) is 4.72. The minimum Gasteiger partial charge on any atom is -0.365 e. The Morgan fingerprint density at radius 2 is 1.79 bits per heavy atom. The standard InChI is InChI=1S/C20H19ClN2O/c1-14-7-10-19(18(21)11-14)22-20(24)13-23(2)17-9-8-15-5-3-4-6-16(15)12-17/h3-12H,13H2,1-2H3,(H,22,24). The third-order valence-electron chi connectivity index (χ3n) is 3.95. The Bertz CT molecular complexity index is 892. The predicted molar refractivity (Wildman–Crippen MR) is 102 cm³/mol. The molecule has 24 heavy (non-hydrogen) atoms. The molecule has 0 saturated carbocycles. The number of aryl methyl sites for hydroxylation is 1. The fourth-order valence-electron chi connectivity index (χ4n) is 2.63. The van der Waals surface area contributed by atoms with Gasteiger partial charge in [0, 0.05) is 12.7 Å². The lowest BCUT2D eigenvalue weighted by atomic mass is 10.1. The van der Waals surface area contributed by atoms with Crippen LogP contribution in [-0.4, -0.2) is 19.5 Å². The van der Waals surface area contributed by atoms with E-state index in [1.807, 2.05) is 55.3 Å². The van der Waals surface area contributed by atoms with E-state index < -0.39 is 0 Å². The molecule has 0 bridgehead atoms. The van der Waals surface area contributed by atoms with Crippen LogP contribution in [0.4, 0.5) is 11.4 Å². The molecular formula is C20H19ClN2O. The molecule has 1 amide bonds. The second-order valence-electron chi connectivity index (χ2n) is 5.92. The number of nitrogens with one attached hydrogen (secondary N) is 1. The summed E-state index contributed by atoms with van der Waals surface area (Å²) in [7, 11) is 1.90. The molecule has 0 heterocycles. The van der Waals surface area contributed by atoms with Gasteiger partial charge < -0.3 is 10.2 Å². The molecule has 0 fully saturated rings.